The lowest BCUT2D eigenvalue weighted by atomic mass is 10.2. The number of rotatable bonds is 5. The van der Waals surface area contributed by atoms with Gasteiger partial charge in [-0.1, -0.05) is 19.8 Å². The molecule has 1 N–H and O–H groups in total. The smallest absolute Gasteiger partial charge is 0.108 e. The summed E-state index contributed by atoms with van der Waals surface area (Å²) in [6.45, 7) is 3.07. The van der Waals surface area contributed by atoms with Crippen LogP contribution in [0.25, 0.3) is 0 Å². The molecule has 70 valence electrons. The van der Waals surface area contributed by atoms with Gasteiger partial charge in [-0.25, -0.2) is 5.21 Å². The van der Waals surface area contributed by atoms with Crippen LogP contribution in [-0.2, 0) is 0 Å². The van der Waals surface area contributed by atoms with Crippen molar-refractivity contribution in [1.29, 1.82) is 0 Å². The van der Waals surface area contributed by atoms with E-state index in [1.807, 2.05) is 14.1 Å². The van der Waals surface area contributed by atoms with E-state index >= 15 is 0 Å². The Morgan fingerprint density at radius 1 is 1.09 bits per heavy atom. The summed E-state index contributed by atoms with van der Waals surface area (Å²) < 4.78 is 0.115. The molecule has 0 atom stereocenters. The van der Waals surface area contributed by atoms with Gasteiger partial charge in [0.1, 0.15) is 6.54 Å². The molecule has 0 aliphatic carbocycles. The van der Waals surface area contributed by atoms with E-state index in [9.17, 15) is 5.21 Å². The number of quaternary nitrogens is 1. The zero-order valence-electron chi connectivity index (χ0n) is 7.81. The molecule has 0 rings (SSSR count). The van der Waals surface area contributed by atoms with Crippen LogP contribution in [-0.4, -0.2) is 30.5 Å². The molecule has 0 amide bonds. The highest BCUT2D eigenvalue weighted by molar-refractivity contribution is 4.37. The number of hydrogen-bond donors (Lipinski definition) is 1. The minimum absolute atomic E-state index is 0. The summed E-state index contributed by atoms with van der Waals surface area (Å²) in [5.74, 6) is 0. The fourth-order valence-corrected chi connectivity index (χ4v) is 0.926. The Hall–Kier alpha value is 0.210. The van der Waals surface area contributed by atoms with Crippen molar-refractivity contribution in [2.75, 3.05) is 20.6 Å². The van der Waals surface area contributed by atoms with Crippen LogP contribution >= 0.6 is 0 Å². The Kier molecular flexibility index (Phi) is 8.63. The molecule has 0 aromatic rings. The first-order valence-electron chi connectivity index (χ1n) is 4.12. The lowest BCUT2D eigenvalue weighted by Crippen LogP contribution is -3.00. The Balaban J connectivity index is 0. The van der Waals surface area contributed by atoms with E-state index in [0.717, 1.165) is 13.0 Å². The topological polar surface area (TPSA) is 20.2 Å². The van der Waals surface area contributed by atoms with E-state index in [-0.39, 0.29) is 17.1 Å². The molecule has 11 heavy (non-hydrogen) atoms. The normalized spacial score (nSPS) is 10.9. The van der Waals surface area contributed by atoms with Gasteiger partial charge >= 0.3 is 0 Å². The number of hydrogen-bond acceptors (Lipinski definition) is 1. The van der Waals surface area contributed by atoms with Crippen molar-refractivity contribution < 1.29 is 22.3 Å². The maximum Gasteiger partial charge on any atom is 0.108 e. The second-order valence-corrected chi connectivity index (χ2v) is 3.41. The minimum atomic E-state index is 0. The summed E-state index contributed by atoms with van der Waals surface area (Å²) in [6.07, 6.45) is 4.94. The van der Waals surface area contributed by atoms with Crippen LogP contribution in [0.2, 0.25) is 0 Å². The van der Waals surface area contributed by atoms with E-state index in [2.05, 4.69) is 6.92 Å². The maximum atomic E-state index is 9.25. The number of nitrogens with zero attached hydrogens (tertiary/aromatic N) is 1. The van der Waals surface area contributed by atoms with Crippen LogP contribution in [0, 0.1) is 0 Å². The van der Waals surface area contributed by atoms with Crippen LogP contribution in [0.5, 0.6) is 0 Å². The van der Waals surface area contributed by atoms with E-state index < -0.39 is 0 Å². The van der Waals surface area contributed by atoms with Gasteiger partial charge in [-0.3, -0.25) is 0 Å². The van der Waals surface area contributed by atoms with Gasteiger partial charge in [-0.2, -0.15) is 4.65 Å². The van der Waals surface area contributed by atoms with Crippen LogP contribution in [0.1, 0.15) is 32.6 Å². The molecular weight excluding hydrogens is 162 g/mol. The highest BCUT2D eigenvalue weighted by Gasteiger charge is 2.07. The highest BCUT2D eigenvalue weighted by Crippen LogP contribution is 2.01. The summed E-state index contributed by atoms with van der Waals surface area (Å²) in [6, 6.07) is 0. The number of unbranched alkanes of at least 4 members (excludes halogenated alkanes) is 3. The predicted molar refractivity (Wildman–Crippen MR) is 42.9 cm³/mol. The third kappa shape index (κ3) is 13.2. The van der Waals surface area contributed by atoms with E-state index in [0.29, 0.717) is 0 Å². The van der Waals surface area contributed by atoms with E-state index in [4.69, 9.17) is 0 Å². The molecule has 0 aromatic heterocycles. The van der Waals surface area contributed by atoms with Gasteiger partial charge in [0, 0.05) is 0 Å². The maximum absolute atomic E-state index is 9.25. The van der Waals surface area contributed by atoms with Crippen LogP contribution in [0.3, 0.4) is 0 Å². The fourth-order valence-electron chi connectivity index (χ4n) is 0.926. The van der Waals surface area contributed by atoms with E-state index in [1.54, 1.807) is 0 Å². The molecule has 0 radical (unpaired) electrons. The van der Waals surface area contributed by atoms with Gasteiger partial charge in [0.2, 0.25) is 0 Å². The quantitative estimate of drug-likeness (QED) is 0.329. The van der Waals surface area contributed by atoms with Crippen molar-refractivity contribution in [3.05, 3.63) is 0 Å². The van der Waals surface area contributed by atoms with Gasteiger partial charge in [-0.05, 0) is 12.8 Å². The lowest BCUT2D eigenvalue weighted by Gasteiger charge is -2.18. The fraction of sp³-hybridized carbons (Fsp3) is 1.00. The predicted octanol–water partition coefficient (Wildman–Crippen LogP) is -0.964. The van der Waals surface area contributed by atoms with Crippen molar-refractivity contribution in [1.82, 2.24) is 0 Å². The lowest BCUT2D eigenvalue weighted by molar-refractivity contribution is -1.07. The van der Waals surface area contributed by atoms with Gasteiger partial charge < -0.3 is 12.4 Å². The Labute approximate surface area is 76.2 Å². The minimum Gasteiger partial charge on any atom is -1.00 e. The largest absolute Gasteiger partial charge is 1.00 e. The van der Waals surface area contributed by atoms with Crippen LogP contribution in [0.15, 0.2) is 0 Å². The Morgan fingerprint density at radius 3 is 2.00 bits per heavy atom. The molecule has 2 nitrogen and oxygen atoms in total. The molecule has 0 spiro atoms. The Morgan fingerprint density at radius 2 is 1.64 bits per heavy atom. The summed E-state index contributed by atoms with van der Waals surface area (Å²) >= 11 is 0. The molecule has 0 aliphatic rings. The van der Waals surface area contributed by atoms with E-state index in [1.165, 1.54) is 19.3 Å². The molecule has 0 bridgehead atoms. The molecule has 0 aliphatic heterocycles. The molecule has 0 fully saturated rings. The second kappa shape index (κ2) is 6.89. The zero-order chi connectivity index (χ0) is 8.04. The molecule has 0 saturated carbocycles. The monoisotopic (exact) mass is 181 g/mol. The van der Waals surface area contributed by atoms with Crippen LogP contribution in [0.4, 0.5) is 0 Å². The van der Waals surface area contributed by atoms with Crippen molar-refractivity contribution in [2.24, 2.45) is 0 Å². The summed E-state index contributed by atoms with van der Waals surface area (Å²) in [4.78, 5) is 0. The average Bonchev–Trinajstić information content (AvgIpc) is 1.78. The van der Waals surface area contributed by atoms with Crippen molar-refractivity contribution >= 4 is 0 Å². The summed E-state index contributed by atoms with van der Waals surface area (Å²) in [7, 11) is 3.62. The SMILES string of the molecule is CCCCCC[N+](C)(C)O.[Cl-]. The highest BCUT2D eigenvalue weighted by atomic mass is 35.5. The molecular formula is C8H20ClNO. The first-order chi connectivity index (χ1) is 4.56. The number of hydroxylamine groups is 3. The summed E-state index contributed by atoms with van der Waals surface area (Å²) in [5, 5.41) is 9.25. The average molecular weight is 182 g/mol. The first-order valence-corrected chi connectivity index (χ1v) is 4.12. The van der Waals surface area contributed by atoms with Gasteiger partial charge in [0.15, 0.2) is 0 Å². The third-order valence-corrected chi connectivity index (χ3v) is 1.56. The Bertz CT molecular complexity index is 80.7. The second-order valence-electron chi connectivity index (χ2n) is 3.41. The molecule has 0 aromatic carbocycles. The zero-order valence-corrected chi connectivity index (χ0v) is 8.56. The molecule has 0 unspecified atom stereocenters. The molecule has 0 heterocycles. The first kappa shape index (κ1) is 13.8. The van der Waals surface area contributed by atoms with Crippen LogP contribution < -0.4 is 12.4 Å². The van der Waals surface area contributed by atoms with Gasteiger partial charge in [0.05, 0.1) is 14.1 Å². The van der Waals surface area contributed by atoms with Crippen molar-refractivity contribution in [3.8, 4) is 0 Å². The van der Waals surface area contributed by atoms with Crippen molar-refractivity contribution in [3.63, 3.8) is 0 Å². The standard InChI is InChI=1S/C8H20NO.ClH/c1-4-5-6-7-8-9(2,3)10;/h10H,4-8H2,1-3H3;1H/q+1;/p-1. The van der Waals surface area contributed by atoms with Gasteiger partial charge in [-0.15, -0.1) is 0 Å². The number of halogens is 1. The van der Waals surface area contributed by atoms with Gasteiger partial charge in [0.25, 0.3) is 0 Å². The molecule has 0 saturated heterocycles. The summed E-state index contributed by atoms with van der Waals surface area (Å²) in [5.41, 5.74) is 0. The van der Waals surface area contributed by atoms with Crippen molar-refractivity contribution in [2.45, 2.75) is 32.6 Å². The third-order valence-electron chi connectivity index (χ3n) is 1.56. The molecule has 3 heteroatoms.